The number of pyridine rings is 1. The van der Waals surface area contributed by atoms with Crippen LogP contribution in [0.25, 0.3) is 5.65 Å². The zero-order chi connectivity index (χ0) is 17.5. The fraction of sp³-hybridized carbons (Fsp3) is 0.632. The molecule has 2 aromatic rings. The first-order chi connectivity index (χ1) is 12.3. The van der Waals surface area contributed by atoms with Crippen LogP contribution >= 0.6 is 0 Å². The van der Waals surface area contributed by atoms with E-state index in [1.54, 1.807) is 0 Å². The van der Waals surface area contributed by atoms with Crippen LogP contribution in [-0.4, -0.2) is 39.7 Å². The Hall–Kier alpha value is -2.11. The maximum Gasteiger partial charge on any atom is 0.191 e. The Morgan fingerprint density at radius 1 is 1.20 bits per heavy atom. The number of aliphatic imine (C=N–C) groups is 1. The maximum atomic E-state index is 4.74. The third kappa shape index (κ3) is 4.71. The summed E-state index contributed by atoms with van der Waals surface area (Å²) in [5.74, 6) is 2.80. The lowest BCUT2D eigenvalue weighted by molar-refractivity contribution is 0.304. The number of rotatable bonds is 6. The molecule has 0 aromatic carbocycles. The molecule has 0 atom stereocenters. The standard InChI is InChI=1S/C19H30N6/c1-3-15-8-10-16(11-9-15)22-19(20-4-2)21-13-12-18-24-23-17-7-5-6-14-25(17)18/h5-7,14-16H,3-4,8-13H2,1-2H3,(H2,20,21,22). The van der Waals surface area contributed by atoms with Crippen LogP contribution in [-0.2, 0) is 6.42 Å². The van der Waals surface area contributed by atoms with Gasteiger partial charge < -0.3 is 10.6 Å². The van der Waals surface area contributed by atoms with Gasteiger partial charge in [-0.2, -0.15) is 0 Å². The lowest BCUT2D eigenvalue weighted by atomic mass is 9.84. The molecular weight excluding hydrogens is 312 g/mol. The van der Waals surface area contributed by atoms with Gasteiger partial charge in [-0.1, -0.05) is 19.4 Å². The largest absolute Gasteiger partial charge is 0.357 e. The summed E-state index contributed by atoms with van der Waals surface area (Å²) in [6, 6.07) is 6.50. The van der Waals surface area contributed by atoms with Gasteiger partial charge in [0.2, 0.25) is 0 Å². The summed E-state index contributed by atoms with van der Waals surface area (Å²) in [6.07, 6.45) is 9.26. The van der Waals surface area contributed by atoms with Crippen molar-refractivity contribution in [2.75, 3.05) is 13.1 Å². The Labute approximate surface area is 150 Å². The van der Waals surface area contributed by atoms with E-state index >= 15 is 0 Å². The SMILES string of the molecule is CCNC(=NCCc1nnc2ccccn12)NC1CCC(CC)CC1. The van der Waals surface area contributed by atoms with Crippen molar-refractivity contribution in [1.82, 2.24) is 25.2 Å². The molecular formula is C19H30N6. The Balaban J connectivity index is 1.55. The van der Waals surface area contributed by atoms with Crippen LogP contribution in [0, 0.1) is 5.92 Å². The van der Waals surface area contributed by atoms with Crippen molar-refractivity contribution in [3.8, 4) is 0 Å². The summed E-state index contributed by atoms with van der Waals surface area (Å²) in [7, 11) is 0. The van der Waals surface area contributed by atoms with Gasteiger partial charge in [0.15, 0.2) is 11.6 Å². The van der Waals surface area contributed by atoms with Gasteiger partial charge in [0.1, 0.15) is 5.82 Å². The summed E-state index contributed by atoms with van der Waals surface area (Å²) in [4.78, 5) is 4.74. The molecule has 2 N–H and O–H groups in total. The predicted octanol–water partition coefficient (Wildman–Crippen LogP) is 2.80. The highest BCUT2D eigenvalue weighted by Crippen LogP contribution is 2.26. The van der Waals surface area contributed by atoms with Gasteiger partial charge in [0.25, 0.3) is 0 Å². The van der Waals surface area contributed by atoms with E-state index in [4.69, 9.17) is 4.99 Å². The van der Waals surface area contributed by atoms with E-state index in [-0.39, 0.29) is 0 Å². The minimum Gasteiger partial charge on any atom is -0.357 e. The third-order valence-electron chi connectivity index (χ3n) is 5.10. The molecule has 0 saturated heterocycles. The van der Waals surface area contributed by atoms with Gasteiger partial charge in [0, 0.05) is 31.7 Å². The smallest absolute Gasteiger partial charge is 0.191 e. The van der Waals surface area contributed by atoms with E-state index in [9.17, 15) is 0 Å². The molecule has 1 fully saturated rings. The summed E-state index contributed by atoms with van der Waals surface area (Å²) in [5.41, 5.74) is 0.888. The molecule has 1 aliphatic carbocycles. The number of guanidine groups is 1. The lowest BCUT2D eigenvalue weighted by Crippen LogP contribution is -2.45. The topological polar surface area (TPSA) is 66.6 Å². The number of nitrogens with zero attached hydrogens (tertiary/aromatic N) is 4. The first kappa shape index (κ1) is 17.7. The van der Waals surface area contributed by atoms with Gasteiger partial charge in [-0.15, -0.1) is 10.2 Å². The molecule has 25 heavy (non-hydrogen) atoms. The first-order valence-electron chi connectivity index (χ1n) is 9.63. The van der Waals surface area contributed by atoms with E-state index in [0.29, 0.717) is 12.6 Å². The van der Waals surface area contributed by atoms with Gasteiger partial charge in [-0.05, 0) is 50.7 Å². The van der Waals surface area contributed by atoms with E-state index in [2.05, 4.69) is 34.7 Å². The van der Waals surface area contributed by atoms with Crippen LogP contribution in [0.2, 0.25) is 0 Å². The van der Waals surface area contributed by atoms with Gasteiger partial charge >= 0.3 is 0 Å². The molecule has 0 bridgehead atoms. The van der Waals surface area contributed by atoms with Gasteiger partial charge in [0.05, 0.1) is 0 Å². The van der Waals surface area contributed by atoms with Crippen LogP contribution in [0.5, 0.6) is 0 Å². The molecule has 2 aromatic heterocycles. The average molecular weight is 342 g/mol. The van der Waals surface area contributed by atoms with Crippen molar-refractivity contribution in [2.24, 2.45) is 10.9 Å². The summed E-state index contributed by atoms with van der Waals surface area (Å²) in [5, 5.41) is 15.5. The van der Waals surface area contributed by atoms with Crippen LogP contribution < -0.4 is 10.6 Å². The molecule has 2 heterocycles. The molecule has 1 saturated carbocycles. The second-order valence-corrected chi connectivity index (χ2v) is 6.83. The first-order valence-corrected chi connectivity index (χ1v) is 9.63. The molecule has 3 rings (SSSR count). The Kier molecular flexibility index (Phi) is 6.25. The van der Waals surface area contributed by atoms with Crippen molar-refractivity contribution in [3.63, 3.8) is 0 Å². The zero-order valence-electron chi connectivity index (χ0n) is 15.4. The van der Waals surface area contributed by atoms with Crippen molar-refractivity contribution >= 4 is 11.6 Å². The Bertz CT molecular complexity index is 684. The highest BCUT2D eigenvalue weighted by Gasteiger charge is 2.20. The molecule has 6 nitrogen and oxygen atoms in total. The highest BCUT2D eigenvalue weighted by molar-refractivity contribution is 5.80. The minimum atomic E-state index is 0.550. The Morgan fingerprint density at radius 2 is 2.04 bits per heavy atom. The number of hydrogen-bond donors (Lipinski definition) is 2. The molecule has 0 unspecified atom stereocenters. The summed E-state index contributed by atoms with van der Waals surface area (Å²) >= 11 is 0. The highest BCUT2D eigenvalue weighted by atomic mass is 15.2. The lowest BCUT2D eigenvalue weighted by Gasteiger charge is -2.29. The summed E-state index contributed by atoms with van der Waals surface area (Å²) in [6.45, 7) is 5.99. The molecule has 136 valence electrons. The predicted molar refractivity (Wildman–Crippen MR) is 102 cm³/mol. The van der Waals surface area contributed by atoms with Crippen LogP contribution in [0.3, 0.4) is 0 Å². The molecule has 1 aliphatic rings. The van der Waals surface area contributed by atoms with E-state index in [1.165, 1.54) is 32.1 Å². The van der Waals surface area contributed by atoms with Crippen molar-refractivity contribution in [1.29, 1.82) is 0 Å². The number of nitrogens with one attached hydrogen (secondary N) is 2. The van der Waals surface area contributed by atoms with Crippen LogP contribution in [0.4, 0.5) is 0 Å². The van der Waals surface area contributed by atoms with E-state index in [1.807, 2.05) is 28.8 Å². The molecule has 0 amide bonds. The third-order valence-corrected chi connectivity index (χ3v) is 5.10. The van der Waals surface area contributed by atoms with Gasteiger partial charge in [-0.25, -0.2) is 0 Å². The van der Waals surface area contributed by atoms with Crippen LogP contribution in [0.1, 0.15) is 51.8 Å². The summed E-state index contributed by atoms with van der Waals surface area (Å²) < 4.78 is 2.03. The quantitative estimate of drug-likeness (QED) is 0.626. The fourth-order valence-electron chi connectivity index (χ4n) is 3.56. The van der Waals surface area contributed by atoms with E-state index < -0.39 is 0 Å². The zero-order valence-corrected chi connectivity index (χ0v) is 15.4. The molecule has 0 spiro atoms. The fourth-order valence-corrected chi connectivity index (χ4v) is 3.56. The normalized spacial score (nSPS) is 21.4. The Morgan fingerprint density at radius 3 is 2.80 bits per heavy atom. The van der Waals surface area contributed by atoms with Gasteiger partial charge in [-0.3, -0.25) is 9.39 Å². The van der Waals surface area contributed by atoms with E-state index in [0.717, 1.165) is 36.3 Å². The van der Waals surface area contributed by atoms with Crippen molar-refractivity contribution in [2.45, 2.75) is 58.4 Å². The van der Waals surface area contributed by atoms with Crippen molar-refractivity contribution in [3.05, 3.63) is 30.2 Å². The number of fused-ring (bicyclic) bond motifs is 1. The minimum absolute atomic E-state index is 0.550. The molecule has 6 heteroatoms. The molecule has 0 aliphatic heterocycles. The maximum absolute atomic E-state index is 4.74. The van der Waals surface area contributed by atoms with Crippen LogP contribution in [0.15, 0.2) is 29.4 Å². The number of hydrogen-bond acceptors (Lipinski definition) is 3. The molecule has 0 radical (unpaired) electrons. The monoisotopic (exact) mass is 342 g/mol. The number of aromatic nitrogens is 3. The van der Waals surface area contributed by atoms with Crippen molar-refractivity contribution < 1.29 is 0 Å². The second kappa shape index (κ2) is 8.83. The second-order valence-electron chi connectivity index (χ2n) is 6.83. The average Bonchev–Trinajstić information content (AvgIpc) is 3.06.